The molecule has 0 spiro atoms. The monoisotopic (exact) mass is 448 g/mol. The summed E-state index contributed by atoms with van der Waals surface area (Å²) in [6, 6.07) is 14.5. The summed E-state index contributed by atoms with van der Waals surface area (Å²) in [4.78, 5) is 28.1. The fourth-order valence-electron chi connectivity index (χ4n) is 5.31. The fourth-order valence-corrected chi connectivity index (χ4v) is 5.31. The van der Waals surface area contributed by atoms with Crippen molar-refractivity contribution < 1.29 is 14.0 Å². The molecule has 0 radical (unpaired) electrons. The number of halogens is 1. The number of likely N-dealkylation sites (tertiary alicyclic amines) is 1. The van der Waals surface area contributed by atoms with Crippen LogP contribution < -0.4 is 5.32 Å². The van der Waals surface area contributed by atoms with E-state index in [0.29, 0.717) is 44.5 Å². The Morgan fingerprint density at radius 3 is 2.36 bits per heavy atom. The Labute approximate surface area is 195 Å². The van der Waals surface area contributed by atoms with Gasteiger partial charge in [0.25, 0.3) is 0 Å². The van der Waals surface area contributed by atoms with Gasteiger partial charge in [-0.05, 0) is 49.3 Å². The summed E-state index contributed by atoms with van der Waals surface area (Å²) >= 11 is 0. The quantitative estimate of drug-likeness (QED) is 0.597. The third kappa shape index (κ3) is 5.18. The lowest BCUT2D eigenvalue weighted by atomic mass is 9.72. The number of nitrogens with one attached hydrogen (secondary N) is 1. The first-order valence-corrected chi connectivity index (χ1v) is 12.0. The number of amides is 2. The standard InChI is InChI=1S/C28H33FN2O2/c1-2-17-30-27(33)28(15-18-31(19-16-28)26(32)23-7-3-4-8-23)20-21-11-13-22(14-12-21)24-9-5-6-10-25(24)29/h2,5-6,9-14,23H,1,3-4,7-8,15-20H2,(H,30,33). The van der Waals surface area contributed by atoms with Gasteiger partial charge in [-0.25, -0.2) is 4.39 Å². The van der Waals surface area contributed by atoms with Gasteiger partial charge < -0.3 is 10.2 Å². The first-order valence-electron chi connectivity index (χ1n) is 12.0. The molecule has 1 aliphatic carbocycles. The summed E-state index contributed by atoms with van der Waals surface area (Å²) in [5, 5.41) is 3.00. The van der Waals surface area contributed by atoms with E-state index in [1.165, 1.54) is 6.07 Å². The van der Waals surface area contributed by atoms with Crippen molar-refractivity contribution in [2.75, 3.05) is 19.6 Å². The van der Waals surface area contributed by atoms with Crippen LogP contribution in [0.5, 0.6) is 0 Å². The van der Waals surface area contributed by atoms with Crippen molar-refractivity contribution in [3.05, 3.63) is 72.6 Å². The van der Waals surface area contributed by atoms with Gasteiger partial charge in [0.05, 0.1) is 5.41 Å². The molecule has 4 nitrogen and oxygen atoms in total. The highest BCUT2D eigenvalue weighted by molar-refractivity contribution is 5.84. The number of hydrogen-bond acceptors (Lipinski definition) is 2. The summed E-state index contributed by atoms with van der Waals surface area (Å²) in [5.41, 5.74) is 1.87. The minimum atomic E-state index is -0.561. The van der Waals surface area contributed by atoms with Crippen LogP contribution in [0.2, 0.25) is 0 Å². The van der Waals surface area contributed by atoms with Gasteiger partial charge in [-0.3, -0.25) is 9.59 Å². The van der Waals surface area contributed by atoms with Crippen LogP contribution in [0, 0.1) is 17.2 Å². The lowest BCUT2D eigenvalue weighted by Crippen LogP contribution is -2.52. The molecule has 2 aromatic carbocycles. The minimum Gasteiger partial charge on any atom is -0.352 e. The molecule has 2 fully saturated rings. The molecule has 1 aliphatic heterocycles. The Morgan fingerprint density at radius 2 is 1.73 bits per heavy atom. The lowest BCUT2D eigenvalue weighted by Gasteiger charge is -2.41. The Balaban J connectivity index is 1.49. The van der Waals surface area contributed by atoms with Gasteiger partial charge in [0.2, 0.25) is 11.8 Å². The van der Waals surface area contributed by atoms with Crippen LogP contribution in [0.25, 0.3) is 11.1 Å². The summed E-state index contributed by atoms with van der Waals surface area (Å²) in [6.45, 7) is 5.37. The van der Waals surface area contributed by atoms with E-state index >= 15 is 0 Å². The van der Waals surface area contributed by atoms with Gasteiger partial charge in [-0.1, -0.05) is 61.4 Å². The van der Waals surface area contributed by atoms with E-state index < -0.39 is 5.41 Å². The second-order valence-electron chi connectivity index (χ2n) is 9.44. The van der Waals surface area contributed by atoms with Crippen molar-refractivity contribution in [3.63, 3.8) is 0 Å². The number of hydrogen-bond donors (Lipinski definition) is 1. The van der Waals surface area contributed by atoms with E-state index in [1.54, 1.807) is 18.2 Å². The predicted octanol–water partition coefficient (Wildman–Crippen LogP) is 5.14. The molecule has 4 rings (SSSR count). The maximum absolute atomic E-state index is 14.2. The van der Waals surface area contributed by atoms with Crippen molar-refractivity contribution in [1.29, 1.82) is 0 Å². The average Bonchev–Trinajstić information content (AvgIpc) is 3.38. The molecule has 1 N–H and O–H groups in total. The molecule has 174 valence electrons. The van der Waals surface area contributed by atoms with E-state index in [1.807, 2.05) is 35.2 Å². The highest BCUT2D eigenvalue weighted by Gasteiger charge is 2.43. The molecule has 33 heavy (non-hydrogen) atoms. The van der Waals surface area contributed by atoms with Crippen LogP contribution in [0.3, 0.4) is 0 Å². The van der Waals surface area contributed by atoms with E-state index in [9.17, 15) is 14.0 Å². The smallest absolute Gasteiger partial charge is 0.226 e. The van der Waals surface area contributed by atoms with Gasteiger partial charge in [-0.15, -0.1) is 6.58 Å². The highest BCUT2D eigenvalue weighted by Crippen LogP contribution is 2.38. The molecule has 5 heteroatoms. The molecule has 1 saturated heterocycles. The third-order valence-electron chi connectivity index (χ3n) is 7.31. The van der Waals surface area contributed by atoms with Crippen LogP contribution >= 0.6 is 0 Å². The Morgan fingerprint density at radius 1 is 1.06 bits per heavy atom. The zero-order chi connectivity index (χ0) is 23.3. The first-order chi connectivity index (χ1) is 16.0. The summed E-state index contributed by atoms with van der Waals surface area (Å²) in [6.07, 6.45) is 7.84. The van der Waals surface area contributed by atoms with Crippen LogP contribution in [0.4, 0.5) is 4.39 Å². The molecule has 2 aliphatic rings. The molecule has 0 unspecified atom stereocenters. The van der Waals surface area contributed by atoms with Crippen molar-refractivity contribution in [3.8, 4) is 11.1 Å². The van der Waals surface area contributed by atoms with Crippen molar-refractivity contribution in [2.45, 2.75) is 44.9 Å². The molecule has 1 saturated carbocycles. The van der Waals surface area contributed by atoms with E-state index in [-0.39, 0.29) is 23.5 Å². The Bertz CT molecular complexity index is 987. The maximum atomic E-state index is 14.2. The molecule has 0 bridgehead atoms. The zero-order valence-corrected chi connectivity index (χ0v) is 19.2. The van der Waals surface area contributed by atoms with Gasteiger partial charge >= 0.3 is 0 Å². The first kappa shape index (κ1) is 23.2. The topological polar surface area (TPSA) is 49.4 Å². The minimum absolute atomic E-state index is 0.0218. The number of piperidine rings is 1. The molecule has 2 aromatic rings. The highest BCUT2D eigenvalue weighted by atomic mass is 19.1. The number of rotatable bonds is 7. The van der Waals surface area contributed by atoms with Gasteiger partial charge in [-0.2, -0.15) is 0 Å². The molecule has 1 heterocycles. The van der Waals surface area contributed by atoms with Crippen LogP contribution in [0.15, 0.2) is 61.2 Å². The summed E-state index contributed by atoms with van der Waals surface area (Å²) in [5.74, 6) is 0.207. The van der Waals surface area contributed by atoms with Crippen LogP contribution in [-0.4, -0.2) is 36.3 Å². The van der Waals surface area contributed by atoms with Crippen molar-refractivity contribution >= 4 is 11.8 Å². The van der Waals surface area contributed by atoms with Crippen molar-refractivity contribution in [2.24, 2.45) is 11.3 Å². The third-order valence-corrected chi connectivity index (χ3v) is 7.31. The summed E-state index contributed by atoms with van der Waals surface area (Å²) < 4.78 is 14.2. The molecular weight excluding hydrogens is 415 g/mol. The van der Waals surface area contributed by atoms with Crippen molar-refractivity contribution in [1.82, 2.24) is 10.2 Å². The van der Waals surface area contributed by atoms with Gasteiger partial charge in [0.1, 0.15) is 5.82 Å². The van der Waals surface area contributed by atoms with Gasteiger partial charge in [0, 0.05) is 31.1 Å². The summed E-state index contributed by atoms with van der Waals surface area (Å²) in [7, 11) is 0. The Hall–Kier alpha value is -2.95. The molecule has 0 aromatic heterocycles. The number of carbonyl (C=O) groups excluding carboxylic acids is 2. The second kappa shape index (κ2) is 10.3. The average molecular weight is 449 g/mol. The predicted molar refractivity (Wildman–Crippen MR) is 129 cm³/mol. The fraction of sp³-hybridized carbons (Fsp3) is 0.429. The number of nitrogens with zero attached hydrogens (tertiary/aromatic N) is 1. The number of benzene rings is 2. The van der Waals surface area contributed by atoms with E-state index in [0.717, 1.165) is 36.8 Å². The second-order valence-corrected chi connectivity index (χ2v) is 9.44. The van der Waals surface area contributed by atoms with Crippen LogP contribution in [-0.2, 0) is 16.0 Å². The SMILES string of the molecule is C=CCNC(=O)C1(Cc2ccc(-c3ccccc3F)cc2)CCN(C(=O)C2CCCC2)CC1. The normalized spacial score (nSPS) is 18.2. The van der Waals surface area contributed by atoms with E-state index in [2.05, 4.69) is 11.9 Å². The molecule has 0 atom stereocenters. The largest absolute Gasteiger partial charge is 0.352 e. The van der Waals surface area contributed by atoms with Gasteiger partial charge in [0.15, 0.2) is 0 Å². The lowest BCUT2D eigenvalue weighted by molar-refractivity contribution is -0.143. The Kier molecular flexibility index (Phi) is 7.26. The van der Waals surface area contributed by atoms with Crippen LogP contribution in [0.1, 0.15) is 44.1 Å². The number of carbonyl (C=O) groups is 2. The molecular formula is C28H33FN2O2. The zero-order valence-electron chi connectivity index (χ0n) is 19.2. The maximum Gasteiger partial charge on any atom is 0.226 e. The molecule has 2 amide bonds. The van der Waals surface area contributed by atoms with E-state index in [4.69, 9.17) is 0 Å².